The van der Waals surface area contributed by atoms with E-state index in [-0.39, 0.29) is 0 Å². The van der Waals surface area contributed by atoms with Gasteiger partial charge in [-0.1, -0.05) is 5.16 Å². The zero-order valence-electron chi connectivity index (χ0n) is 8.90. The van der Waals surface area contributed by atoms with Crippen LogP contribution in [0.2, 0.25) is 0 Å². The van der Waals surface area contributed by atoms with Gasteiger partial charge in [0.25, 0.3) is 0 Å². The van der Waals surface area contributed by atoms with E-state index in [0.29, 0.717) is 13.1 Å². The number of hydrogen-bond donors (Lipinski definition) is 1. The Morgan fingerprint density at radius 1 is 1.47 bits per heavy atom. The summed E-state index contributed by atoms with van der Waals surface area (Å²) in [5, 5.41) is 8.06. The molecule has 0 bridgehead atoms. The SMILES string of the molecule is Cc1nn(Cc2ccno2)c(C)c1CN. The van der Waals surface area contributed by atoms with E-state index in [1.165, 1.54) is 0 Å². The normalized spacial score (nSPS) is 10.9. The van der Waals surface area contributed by atoms with Gasteiger partial charge in [-0.15, -0.1) is 0 Å². The molecule has 2 heterocycles. The van der Waals surface area contributed by atoms with Crippen molar-refractivity contribution in [1.82, 2.24) is 14.9 Å². The van der Waals surface area contributed by atoms with Gasteiger partial charge in [-0.25, -0.2) is 0 Å². The highest BCUT2D eigenvalue weighted by atomic mass is 16.5. The van der Waals surface area contributed by atoms with Crippen LogP contribution >= 0.6 is 0 Å². The Bertz CT molecular complexity index is 444. The largest absolute Gasteiger partial charge is 0.359 e. The fraction of sp³-hybridized carbons (Fsp3) is 0.400. The van der Waals surface area contributed by atoms with Gasteiger partial charge in [0, 0.05) is 23.9 Å². The Labute approximate surface area is 87.9 Å². The first-order valence-electron chi connectivity index (χ1n) is 4.85. The smallest absolute Gasteiger partial charge is 0.158 e. The number of rotatable bonds is 3. The van der Waals surface area contributed by atoms with E-state index in [0.717, 1.165) is 22.7 Å². The lowest BCUT2D eigenvalue weighted by Gasteiger charge is -2.01. The number of nitrogens with zero attached hydrogens (tertiary/aromatic N) is 3. The third-order valence-corrected chi connectivity index (χ3v) is 2.53. The summed E-state index contributed by atoms with van der Waals surface area (Å²) >= 11 is 0. The lowest BCUT2D eigenvalue weighted by molar-refractivity contribution is 0.370. The summed E-state index contributed by atoms with van der Waals surface area (Å²) in [5.41, 5.74) is 8.83. The molecule has 80 valence electrons. The first-order chi connectivity index (χ1) is 7.22. The molecule has 0 aliphatic rings. The summed E-state index contributed by atoms with van der Waals surface area (Å²) < 4.78 is 6.92. The minimum Gasteiger partial charge on any atom is -0.359 e. The molecule has 0 fully saturated rings. The van der Waals surface area contributed by atoms with Crippen LogP contribution in [-0.4, -0.2) is 14.9 Å². The Kier molecular flexibility index (Phi) is 2.55. The van der Waals surface area contributed by atoms with E-state index in [2.05, 4.69) is 10.3 Å². The molecule has 0 atom stereocenters. The molecule has 2 aromatic rings. The molecule has 0 aliphatic heterocycles. The maximum Gasteiger partial charge on any atom is 0.158 e. The molecule has 0 aliphatic carbocycles. The van der Waals surface area contributed by atoms with Gasteiger partial charge in [0.1, 0.15) is 6.54 Å². The lowest BCUT2D eigenvalue weighted by atomic mass is 10.2. The van der Waals surface area contributed by atoms with Crippen LogP contribution in [0.4, 0.5) is 0 Å². The number of hydrogen-bond acceptors (Lipinski definition) is 4. The average molecular weight is 206 g/mol. The van der Waals surface area contributed by atoms with Gasteiger partial charge >= 0.3 is 0 Å². The second-order valence-electron chi connectivity index (χ2n) is 3.49. The summed E-state index contributed by atoms with van der Waals surface area (Å²) in [4.78, 5) is 0. The predicted octanol–water partition coefficient (Wildman–Crippen LogP) is 0.995. The summed E-state index contributed by atoms with van der Waals surface area (Å²) in [6, 6.07) is 1.83. The quantitative estimate of drug-likeness (QED) is 0.813. The molecule has 0 aromatic carbocycles. The molecule has 15 heavy (non-hydrogen) atoms. The van der Waals surface area contributed by atoms with E-state index < -0.39 is 0 Å². The fourth-order valence-electron chi connectivity index (χ4n) is 1.65. The van der Waals surface area contributed by atoms with Gasteiger partial charge in [0.15, 0.2) is 5.76 Å². The molecular weight excluding hydrogens is 192 g/mol. The van der Waals surface area contributed by atoms with Crippen molar-refractivity contribution in [3.8, 4) is 0 Å². The summed E-state index contributed by atoms with van der Waals surface area (Å²) in [7, 11) is 0. The van der Waals surface area contributed by atoms with Gasteiger partial charge in [0.2, 0.25) is 0 Å². The molecule has 2 aromatic heterocycles. The standard InChI is InChI=1S/C10H14N4O/c1-7-10(5-11)8(2)14(13-7)6-9-3-4-12-15-9/h3-4H,5-6,11H2,1-2H3. The van der Waals surface area contributed by atoms with E-state index in [1.807, 2.05) is 24.6 Å². The number of aromatic nitrogens is 3. The Morgan fingerprint density at radius 3 is 2.80 bits per heavy atom. The molecule has 5 heteroatoms. The van der Waals surface area contributed by atoms with E-state index in [9.17, 15) is 0 Å². The van der Waals surface area contributed by atoms with Crippen LogP contribution in [0, 0.1) is 13.8 Å². The highest BCUT2D eigenvalue weighted by Gasteiger charge is 2.10. The maximum absolute atomic E-state index is 5.65. The summed E-state index contributed by atoms with van der Waals surface area (Å²) in [5.74, 6) is 0.796. The number of nitrogens with two attached hydrogens (primary N) is 1. The Hall–Kier alpha value is -1.62. The van der Waals surface area contributed by atoms with Crippen molar-refractivity contribution >= 4 is 0 Å². The van der Waals surface area contributed by atoms with Crippen LogP contribution in [0.5, 0.6) is 0 Å². The van der Waals surface area contributed by atoms with Crippen molar-refractivity contribution in [2.75, 3.05) is 0 Å². The summed E-state index contributed by atoms with van der Waals surface area (Å²) in [6.45, 7) is 5.10. The minimum atomic E-state index is 0.522. The molecule has 0 saturated heterocycles. The zero-order valence-corrected chi connectivity index (χ0v) is 8.90. The molecular formula is C10H14N4O. The highest BCUT2D eigenvalue weighted by Crippen LogP contribution is 2.13. The van der Waals surface area contributed by atoms with E-state index >= 15 is 0 Å². The molecule has 2 N–H and O–H groups in total. The van der Waals surface area contributed by atoms with Crippen molar-refractivity contribution in [2.45, 2.75) is 26.9 Å². The predicted molar refractivity (Wildman–Crippen MR) is 55.2 cm³/mol. The average Bonchev–Trinajstić information content (AvgIpc) is 2.78. The van der Waals surface area contributed by atoms with Gasteiger partial charge in [-0.05, 0) is 13.8 Å². The second-order valence-corrected chi connectivity index (χ2v) is 3.49. The van der Waals surface area contributed by atoms with Crippen molar-refractivity contribution in [1.29, 1.82) is 0 Å². The Morgan fingerprint density at radius 2 is 2.27 bits per heavy atom. The van der Waals surface area contributed by atoms with Crippen molar-refractivity contribution in [3.05, 3.63) is 35.0 Å². The zero-order chi connectivity index (χ0) is 10.8. The van der Waals surface area contributed by atoms with Crippen LogP contribution in [0.15, 0.2) is 16.8 Å². The van der Waals surface area contributed by atoms with Crippen LogP contribution in [-0.2, 0) is 13.1 Å². The molecule has 0 radical (unpaired) electrons. The topological polar surface area (TPSA) is 69.9 Å². The van der Waals surface area contributed by atoms with Crippen molar-refractivity contribution < 1.29 is 4.52 Å². The van der Waals surface area contributed by atoms with Gasteiger partial charge in [0.05, 0.1) is 11.9 Å². The molecule has 0 spiro atoms. The van der Waals surface area contributed by atoms with Crippen LogP contribution in [0.1, 0.15) is 22.7 Å². The second kappa shape index (κ2) is 3.86. The van der Waals surface area contributed by atoms with Gasteiger partial charge in [-0.2, -0.15) is 5.10 Å². The highest BCUT2D eigenvalue weighted by molar-refractivity contribution is 5.24. The molecule has 0 amide bonds. The first-order valence-corrected chi connectivity index (χ1v) is 4.85. The minimum absolute atomic E-state index is 0.522. The first kappa shape index (κ1) is 9.92. The molecule has 0 unspecified atom stereocenters. The number of aryl methyl sites for hydroxylation is 1. The fourth-order valence-corrected chi connectivity index (χ4v) is 1.65. The molecule has 2 rings (SSSR count). The third-order valence-electron chi connectivity index (χ3n) is 2.53. The van der Waals surface area contributed by atoms with E-state index in [1.54, 1.807) is 6.20 Å². The van der Waals surface area contributed by atoms with Crippen LogP contribution in [0.25, 0.3) is 0 Å². The van der Waals surface area contributed by atoms with Crippen molar-refractivity contribution in [3.63, 3.8) is 0 Å². The van der Waals surface area contributed by atoms with Crippen LogP contribution in [0.3, 0.4) is 0 Å². The molecule has 0 saturated carbocycles. The monoisotopic (exact) mass is 206 g/mol. The van der Waals surface area contributed by atoms with Gasteiger partial charge < -0.3 is 10.3 Å². The van der Waals surface area contributed by atoms with Crippen LogP contribution < -0.4 is 5.73 Å². The lowest BCUT2D eigenvalue weighted by Crippen LogP contribution is -2.04. The van der Waals surface area contributed by atoms with E-state index in [4.69, 9.17) is 10.3 Å². The summed E-state index contributed by atoms with van der Waals surface area (Å²) in [6.07, 6.45) is 1.63. The van der Waals surface area contributed by atoms with Gasteiger partial charge in [-0.3, -0.25) is 4.68 Å². The third kappa shape index (κ3) is 1.78. The van der Waals surface area contributed by atoms with Crippen molar-refractivity contribution in [2.24, 2.45) is 5.73 Å². The maximum atomic E-state index is 5.65. The Balaban J connectivity index is 2.29. The molecule has 5 nitrogen and oxygen atoms in total.